The number of hydrogen-bond acceptors (Lipinski definition) is 6. The highest BCUT2D eigenvalue weighted by molar-refractivity contribution is 5.99. The van der Waals surface area contributed by atoms with Crippen molar-refractivity contribution in [3.63, 3.8) is 0 Å². The van der Waals surface area contributed by atoms with E-state index in [1.54, 1.807) is 53.4 Å². The Balaban J connectivity index is 1.59. The number of carbonyl (C=O) groups excluding carboxylic acids is 2. The molecule has 2 N–H and O–H groups in total. The smallest absolute Gasteiger partial charge is 0.291 e. The summed E-state index contributed by atoms with van der Waals surface area (Å²) < 4.78 is 17.0. The number of ether oxygens (including phenoxy) is 2. The molecule has 32 heavy (non-hydrogen) atoms. The molecule has 5 rings (SSSR count). The standard InChI is InChI=1S/C24H22N2O6/c25-19(27)13-31-15-9-7-14(8-10-15)21-20-22(28)17-5-1-2-6-18(17)32-23(20)24(29)26(21)12-16-4-3-11-30-16/h1-2,5-10,16,21H,3-4,11-13H2,(H2,25,27)/t16-,21-/m1/s1. The maximum atomic E-state index is 13.4. The minimum Gasteiger partial charge on any atom is -0.484 e. The number of primary amides is 1. The zero-order valence-electron chi connectivity index (χ0n) is 17.3. The lowest BCUT2D eigenvalue weighted by Crippen LogP contribution is -2.36. The van der Waals surface area contributed by atoms with Crippen LogP contribution in [0.2, 0.25) is 0 Å². The summed E-state index contributed by atoms with van der Waals surface area (Å²) in [6, 6.07) is 13.3. The molecule has 1 aromatic heterocycles. The van der Waals surface area contributed by atoms with Crippen LogP contribution in [-0.4, -0.2) is 42.6 Å². The van der Waals surface area contributed by atoms with Gasteiger partial charge in [-0.05, 0) is 42.7 Å². The quantitative estimate of drug-likeness (QED) is 0.638. The van der Waals surface area contributed by atoms with Crippen LogP contribution in [0.5, 0.6) is 5.75 Å². The van der Waals surface area contributed by atoms with Gasteiger partial charge in [-0.1, -0.05) is 24.3 Å². The molecule has 2 aliphatic heterocycles. The van der Waals surface area contributed by atoms with Gasteiger partial charge in [-0.15, -0.1) is 0 Å². The molecule has 8 nitrogen and oxygen atoms in total. The molecule has 1 saturated heterocycles. The van der Waals surface area contributed by atoms with Crippen LogP contribution in [0.25, 0.3) is 11.0 Å². The second-order valence-corrected chi connectivity index (χ2v) is 7.99. The lowest BCUT2D eigenvalue weighted by atomic mass is 9.98. The highest BCUT2D eigenvalue weighted by Crippen LogP contribution is 2.39. The Morgan fingerprint density at radius 3 is 2.62 bits per heavy atom. The zero-order valence-corrected chi connectivity index (χ0v) is 17.3. The Bertz CT molecular complexity index is 1240. The Kier molecular flexibility index (Phi) is 5.14. The van der Waals surface area contributed by atoms with Gasteiger partial charge < -0.3 is 24.5 Å². The third kappa shape index (κ3) is 3.52. The molecule has 2 aliphatic rings. The Hall–Kier alpha value is -3.65. The van der Waals surface area contributed by atoms with Gasteiger partial charge in [0.2, 0.25) is 5.76 Å². The zero-order chi connectivity index (χ0) is 22.2. The monoisotopic (exact) mass is 434 g/mol. The third-order valence-corrected chi connectivity index (χ3v) is 5.87. The van der Waals surface area contributed by atoms with Crippen molar-refractivity contribution in [1.29, 1.82) is 0 Å². The molecule has 164 valence electrons. The normalized spacial score (nSPS) is 20.0. The van der Waals surface area contributed by atoms with Crippen molar-refractivity contribution in [3.8, 4) is 5.75 Å². The molecular weight excluding hydrogens is 412 g/mol. The summed E-state index contributed by atoms with van der Waals surface area (Å²) in [6.45, 7) is 0.797. The molecule has 1 fully saturated rings. The fourth-order valence-corrected chi connectivity index (χ4v) is 4.41. The predicted molar refractivity (Wildman–Crippen MR) is 115 cm³/mol. The highest BCUT2D eigenvalue weighted by atomic mass is 16.5. The molecule has 0 bridgehead atoms. The molecule has 0 saturated carbocycles. The number of amides is 2. The molecular formula is C24H22N2O6. The van der Waals surface area contributed by atoms with E-state index >= 15 is 0 Å². The Morgan fingerprint density at radius 2 is 1.91 bits per heavy atom. The SMILES string of the molecule is NC(=O)COc1ccc([C@@H]2c3c(oc4ccccc4c3=O)C(=O)N2C[C@H]2CCCO2)cc1. The number of nitrogens with two attached hydrogens (primary N) is 1. The Morgan fingerprint density at radius 1 is 1.12 bits per heavy atom. The third-order valence-electron chi connectivity index (χ3n) is 5.87. The summed E-state index contributed by atoms with van der Waals surface area (Å²) in [5, 5.41) is 0.435. The van der Waals surface area contributed by atoms with Gasteiger partial charge >= 0.3 is 0 Å². The van der Waals surface area contributed by atoms with Gasteiger partial charge in [0.05, 0.1) is 23.1 Å². The number of carbonyl (C=O) groups is 2. The number of hydrogen-bond donors (Lipinski definition) is 1. The van der Waals surface area contributed by atoms with Gasteiger partial charge in [-0.25, -0.2) is 0 Å². The first kappa shape index (κ1) is 20.3. The van der Waals surface area contributed by atoms with Crippen molar-refractivity contribution in [1.82, 2.24) is 4.90 Å². The van der Waals surface area contributed by atoms with Gasteiger partial charge in [0.15, 0.2) is 12.0 Å². The first-order valence-electron chi connectivity index (χ1n) is 10.5. The van der Waals surface area contributed by atoms with Crippen molar-refractivity contribution in [2.45, 2.75) is 25.0 Å². The molecule has 3 heterocycles. The van der Waals surface area contributed by atoms with E-state index in [1.165, 1.54) is 0 Å². The van der Waals surface area contributed by atoms with Crippen molar-refractivity contribution in [2.75, 3.05) is 19.8 Å². The van der Waals surface area contributed by atoms with Crippen LogP contribution in [-0.2, 0) is 9.53 Å². The fraction of sp³-hybridized carbons (Fsp3) is 0.292. The molecule has 0 unspecified atom stereocenters. The second kappa shape index (κ2) is 8.12. The van der Waals surface area contributed by atoms with Crippen LogP contribution >= 0.6 is 0 Å². The summed E-state index contributed by atoms with van der Waals surface area (Å²) in [5.74, 6) is -0.354. The van der Waals surface area contributed by atoms with E-state index in [0.717, 1.165) is 18.4 Å². The summed E-state index contributed by atoms with van der Waals surface area (Å²) in [5.41, 5.74) is 6.37. The van der Waals surface area contributed by atoms with E-state index in [0.29, 0.717) is 35.4 Å². The van der Waals surface area contributed by atoms with E-state index in [1.807, 2.05) is 0 Å². The molecule has 2 aromatic carbocycles. The van der Waals surface area contributed by atoms with E-state index in [9.17, 15) is 14.4 Å². The van der Waals surface area contributed by atoms with Gasteiger partial charge in [0.25, 0.3) is 11.8 Å². The number of para-hydroxylation sites is 1. The van der Waals surface area contributed by atoms with Crippen molar-refractivity contribution in [2.24, 2.45) is 5.73 Å². The number of fused-ring (bicyclic) bond motifs is 2. The van der Waals surface area contributed by atoms with E-state index in [-0.39, 0.29) is 29.8 Å². The van der Waals surface area contributed by atoms with E-state index in [4.69, 9.17) is 19.6 Å². The van der Waals surface area contributed by atoms with Crippen LogP contribution in [0.1, 0.15) is 40.6 Å². The van der Waals surface area contributed by atoms with Gasteiger partial charge in [0.1, 0.15) is 11.3 Å². The summed E-state index contributed by atoms with van der Waals surface area (Å²) >= 11 is 0. The largest absolute Gasteiger partial charge is 0.484 e. The number of rotatable bonds is 6. The lowest BCUT2D eigenvalue weighted by molar-refractivity contribution is -0.119. The van der Waals surface area contributed by atoms with Gasteiger partial charge in [-0.2, -0.15) is 0 Å². The van der Waals surface area contributed by atoms with E-state index in [2.05, 4.69) is 0 Å². The predicted octanol–water partition coefficient (Wildman–Crippen LogP) is 2.38. The van der Waals surface area contributed by atoms with Gasteiger partial charge in [-0.3, -0.25) is 14.4 Å². The molecule has 0 spiro atoms. The molecule has 8 heteroatoms. The van der Waals surface area contributed by atoms with Crippen molar-refractivity contribution in [3.05, 3.63) is 75.6 Å². The number of nitrogens with zero attached hydrogens (tertiary/aromatic N) is 1. The Labute approximate surface area is 183 Å². The fourth-order valence-electron chi connectivity index (χ4n) is 4.41. The molecule has 3 aromatic rings. The average molecular weight is 434 g/mol. The molecule has 0 aliphatic carbocycles. The maximum Gasteiger partial charge on any atom is 0.291 e. The second-order valence-electron chi connectivity index (χ2n) is 7.99. The van der Waals surface area contributed by atoms with Crippen LogP contribution in [0.3, 0.4) is 0 Å². The van der Waals surface area contributed by atoms with Gasteiger partial charge in [0, 0.05) is 13.2 Å². The minimum atomic E-state index is -0.604. The van der Waals surface area contributed by atoms with Crippen LogP contribution in [0.15, 0.2) is 57.7 Å². The molecule has 2 amide bonds. The molecule has 0 radical (unpaired) electrons. The lowest BCUT2D eigenvalue weighted by Gasteiger charge is -2.27. The molecule has 2 atom stereocenters. The average Bonchev–Trinajstić information content (AvgIpc) is 3.40. The number of benzene rings is 2. The maximum absolute atomic E-state index is 13.4. The van der Waals surface area contributed by atoms with Crippen molar-refractivity contribution < 1.29 is 23.5 Å². The topological polar surface area (TPSA) is 112 Å². The van der Waals surface area contributed by atoms with Crippen LogP contribution in [0.4, 0.5) is 0 Å². The summed E-state index contributed by atoms with van der Waals surface area (Å²) in [4.78, 5) is 39.4. The first-order chi connectivity index (χ1) is 15.5. The first-order valence-corrected chi connectivity index (χ1v) is 10.5. The summed E-state index contributed by atoms with van der Waals surface area (Å²) in [7, 11) is 0. The van der Waals surface area contributed by atoms with Crippen LogP contribution in [0, 0.1) is 0 Å². The summed E-state index contributed by atoms with van der Waals surface area (Å²) in [6.07, 6.45) is 1.71. The minimum absolute atomic E-state index is 0.0748. The van der Waals surface area contributed by atoms with Crippen molar-refractivity contribution >= 4 is 22.8 Å². The van der Waals surface area contributed by atoms with E-state index < -0.39 is 11.9 Å². The highest BCUT2D eigenvalue weighted by Gasteiger charge is 2.43. The van der Waals surface area contributed by atoms with Crippen LogP contribution < -0.4 is 15.9 Å².